The van der Waals surface area contributed by atoms with Crippen molar-refractivity contribution >= 4 is 0 Å². The van der Waals surface area contributed by atoms with Gasteiger partial charge in [-0.05, 0) is 30.7 Å². The van der Waals surface area contributed by atoms with Crippen LogP contribution in [0.5, 0.6) is 0 Å². The minimum Gasteiger partial charge on any atom is -0.373 e. The molecule has 1 fully saturated rings. The predicted molar refractivity (Wildman–Crippen MR) is 81.2 cm³/mol. The summed E-state index contributed by atoms with van der Waals surface area (Å²) in [6.07, 6.45) is 5.58. The first-order valence-electron chi connectivity index (χ1n) is 7.22. The number of pyridine rings is 2. The van der Waals surface area contributed by atoms with E-state index < -0.39 is 6.23 Å². The SMILES string of the molecule is N#CN1CC[C@@H](NC(O)c2ccc(-c3ccccn3)cn2)C1. The molecule has 1 saturated heterocycles. The molecule has 0 aliphatic carbocycles. The molecule has 0 aromatic carbocycles. The second-order valence-electron chi connectivity index (χ2n) is 5.29. The molecule has 2 atom stereocenters. The van der Waals surface area contributed by atoms with Gasteiger partial charge in [0.15, 0.2) is 6.19 Å². The Morgan fingerprint density at radius 2 is 2.23 bits per heavy atom. The Balaban J connectivity index is 1.64. The molecule has 0 amide bonds. The van der Waals surface area contributed by atoms with E-state index in [-0.39, 0.29) is 6.04 Å². The molecular formula is C16H17N5O. The van der Waals surface area contributed by atoms with Crippen molar-refractivity contribution in [3.63, 3.8) is 0 Å². The van der Waals surface area contributed by atoms with Crippen LogP contribution in [-0.2, 0) is 0 Å². The van der Waals surface area contributed by atoms with Gasteiger partial charge in [-0.25, -0.2) is 0 Å². The molecular weight excluding hydrogens is 278 g/mol. The van der Waals surface area contributed by atoms with E-state index in [9.17, 15) is 5.11 Å². The van der Waals surface area contributed by atoms with Crippen molar-refractivity contribution in [2.24, 2.45) is 0 Å². The van der Waals surface area contributed by atoms with Crippen LogP contribution in [0.25, 0.3) is 11.3 Å². The number of hydrogen-bond acceptors (Lipinski definition) is 6. The molecule has 2 N–H and O–H groups in total. The van der Waals surface area contributed by atoms with Gasteiger partial charge in [0.1, 0.15) is 6.23 Å². The lowest BCUT2D eigenvalue weighted by molar-refractivity contribution is 0.120. The van der Waals surface area contributed by atoms with Crippen molar-refractivity contribution in [2.45, 2.75) is 18.7 Å². The lowest BCUT2D eigenvalue weighted by atomic mass is 10.1. The fourth-order valence-corrected chi connectivity index (χ4v) is 2.55. The molecule has 0 saturated carbocycles. The maximum atomic E-state index is 10.2. The minimum atomic E-state index is -0.832. The lowest BCUT2D eigenvalue weighted by Gasteiger charge is -2.17. The Kier molecular flexibility index (Phi) is 4.28. The van der Waals surface area contributed by atoms with E-state index >= 15 is 0 Å². The molecule has 3 heterocycles. The molecule has 2 aromatic heterocycles. The van der Waals surface area contributed by atoms with Crippen LogP contribution in [0.15, 0.2) is 42.7 Å². The Bertz CT molecular complexity index is 652. The van der Waals surface area contributed by atoms with Gasteiger partial charge in [0, 0.05) is 37.1 Å². The highest BCUT2D eigenvalue weighted by atomic mass is 16.3. The van der Waals surface area contributed by atoms with E-state index in [1.54, 1.807) is 23.4 Å². The Morgan fingerprint density at radius 1 is 1.32 bits per heavy atom. The first-order chi connectivity index (χ1) is 10.8. The van der Waals surface area contributed by atoms with Gasteiger partial charge in [-0.15, -0.1) is 0 Å². The zero-order valence-corrected chi connectivity index (χ0v) is 12.1. The Labute approximate surface area is 129 Å². The van der Waals surface area contributed by atoms with Gasteiger partial charge in [0.05, 0.1) is 11.4 Å². The van der Waals surface area contributed by atoms with Crippen LogP contribution in [0.2, 0.25) is 0 Å². The highest BCUT2D eigenvalue weighted by Gasteiger charge is 2.24. The van der Waals surface area contributed by atoms with Crippen LogP contribution in [0, 0.1) is 11.5 Å². The van der Waals surface area contributed by atoms with E-state index in [1.807, 2.05) is 24.3 Å². The zero-order valence-electron chi connectivity index (χ0n) is 12.1. The van der Waals surface area contributed by atoms with Gasteiger partial charge in [-0.3, -0.25) is 15.3 Å². The van der Waals surface area contributed by atoms with E-state index in [0.717, 1.165) is 24.2 Å². The monoisotopic (exact) mass is 295 g/mol. The van der Waals surface area contributed by atoms with Crippen molar-refractivity contribution in [2.75, 3.05) is 13.1 Å². The van der Waals surface area contributed by atoms with Crippen LogP contribution in [0.3, 0.4) is 0 Å². The van der Waals surface area contributed by atoms with Gasteiger partial charge in [-0.1, -0.05) is 6.07 Å². The summed E-state index contributed by atoms with van der Waals surface area (Å²) in [6, 6.07) is 9.50. The molecule has 1 aliphatic rings. The highest BCUT2D eigenvalue weighted by molar-refractivity contribution is 5.57. The third-order valence-electron chi connectivity index (χ3n) is 3.75. The number of nitriles is 1. The van der Waals surface area contributed by atoms with E-state index in [0.29, 0.717) is 12.2 Å². The summed E-state index contributed by atoms with van der Waals surface area (Å²) >= 11 is 0. The van der Waals surface area contributed by atoms with Gasteiger partial charge in [0.2, 0.25) is 0 Å². The van der Waals surface area contributed by atoms with Gasteiger partial charge in [-0.2, -0.15) is 5.26 Å². The minimum absolute atomic E-state index is 0.104. The topological polar surface area (TPSA) is 85.1 Å². The number of likely N-dealkylation sites (tertiary alicyclic amines) is 1. The second-order valence-corrected chi connectivity index (χ2v) is 5.29. The van der Waals surface area contributed by atoms with E-state index in [4.69, 9.17) is 5.26 Å². The summed E-state index contributed by atoms with van der Waals surface area (Å²) in [7, 11) is 0. The van der Waals surface area contributed by atoms with Crippen LogP contribution in [0.1, 0.15) is 18.3 Å². The van der Waals surface area contributed by atoms with Crippen LogP contribution in [0.4, 0.5) is 0 Å². The average molecular weight is 295 g/mol. The van der Waals surface area contributed by atoms with Crippen molar-refractivity contribution in [1.82, 2.24) is 20.2 Å². The summed E-state index contributed by atoms with van der Waals surface area (Å²) in [5, 5.41) is 22.2. The lowest BCUT2D eigenvalue weighted by Crippen LogP contribution is -2.34. The molecule has 6 nitrogen and oxygen atoms in total. The maximum absolute atomic E-state index is 10.2. The maximum Gasteiger partial charge on any atom is 0.179 e. The predicted octanol–water partition coefficient (Wildman–Crippen LogP) is 1.28. The van der Waals surface area contributed by atoms with Crippen molar-refractivity contribution in [3.05, 3.63) is 48.4 Å². The van der Waals surface area contributed by atoms with Gasteiger partial charge < -0.3 is 10.0 Å². The first kappa shape index (κ1) is 14.4. The number of aromatic nitrogens is 2. The zero-order chi connectivity index (χ0) is 15.4. The summed E-state index contributed by atoms with van der Waals surface area (Å²) in [4.78, 5) is 10.3. The van der Waals surface area contributed by atoms with E-state index in [2.05, 4.69) is 21.5 Å². The fourth-order valence-electron chi connectivity index (χ4n) is 2.55. The molecule has 0 bridgehead atoms. The molecule has 112 valence electrons. The first-order valence-corrected chi connectivity index (χ1v) is 7.22. The van der Waals surface area contributed by atoms with Crippen molar-refractivity contribution in [3.8, 4) is 17.5 Å². The molecule has 6 heteroatoms. The molecule has 1 unspecified atom stereocenters. The molecule has 22 heavy (non-hydrogen) atoms. The van der Waals surface area contributed by atoms with Crippen molar-refractivity contribution in [1.29, 1.82) is 5.26 Å². The van der Waals surface area contributed by atoms with Crippen LogP contribution >= 0.6 is 0 Å². The molecule has 2 aromatic rings. The summed E-state index contributed by atoms with van der Waals surface area (Å²) in [5.41, 5.74) is 2.33. The summed E-state index contributed by atoms with van der Waals surface area (Å²) < 4.78 is 0. The number of aliphatic hydroxyl groups excluding tert-OH is 1. The molecule has 0 spiro atoms. The summed E-state index contributed by atoms with van der Waals surface area (Å²) in [5.74, 6) is 0. The van der Waals surface area contributed by atoms with Crippen LogP contribution < -0.4 is 5.32 Å². The quantitative estimate of drug-likeness (QED) is 0.653. The van der Waals surface area contributed by atoms with Crippen LogP contribution in [-0.4, -0.2) is 39.1 Å². The second kappa shape index (κ2) is 6.52. The largest absolute Gasteiger partial charge is 0.373 e. The van der Waals surface area contributed by atoms with E-state index in [1.165, 1.54) is 0 Å². The summed E-state index contributed by atoms with van der Waals surface area (Å²) in [6.45, 7) is 1.35. The third-order valence-corrected chi connectivity index (χ3v) is 3.75. The number of aliphatic hydroxyl groups is 1. The van der Waals surface area contributed by atoms with Gasteiger partial charge in [0.25, 0.3) is 0 Å². The Hall–Kier alpha value is -2.49. The average Bonchev–Trinajstić information content (AvgIpc) is 3.03. The highest BCUT2D eigenvalue weighted by Crippen LogP contribution is 2.18. The number of nitrogens with one attached hydrogen (secondary N) is 1. The normalized spacial score (nSPS) is 18.9. The Morgan fingerprint density at radius 3 is 2.86 bits per heavy atom. The number of hydrogen-bond donors (Lipinski definition) is 2. The molecule has 3 rings (SSSR count). The third kappa shape index (κ3) is 3.22. The number of rotatable bonds is 4. The fraction of sp³-hybridized carbons (Fsp3) is 0.312. The standard InChI is InChI=1S/C16H17N5O/c17-11-21-8-6-13(10-21)20-16(22)15-5-4-12(9-19-15)14-3-1-2-7-18-14/h1-5,7,9,13,16,20,22H,6,8,10H2/t13-,16?/m1/s1. The smallest absolute Gasteiger partial charge is 0.179 e. The van der Waals surface area contributed by atoms with Gasteiger partial charge >= 0.3 is 0 Å². The number of nitrogens with zero attached hydrogens (tertiary/aromatic N) is 4. The molecule has 0 radical (unpaired) electrons. The molecule has 1 aliphatic heterocycles. The van der Waals surface area contributed by atoms with Crippen molar-refractivity contribution < 1.29 is 5.11 Å².